The number of aryl methyl sites for hydroxylation is 2. The number of hydrogen-bond donors (Lipinski definition) is 3. The molecule has 0 saturated heterocycles. The fraction of sp³-hybridized carbons (Fsp3) is 0.200. The van der Waals surface area contributed by atoms with Gasteiger partial charge in [0, 0.05) is 5.69 Å². The van der Waals surface area contributed by atoms with Gasteiger partial charge >= 0.3 is 0 Å². The molecule has 1 aromatic carbocycles. The lowest BCUT2D eigenvalue weighted by molar-refractivity contribution is -0.110. The second kappa shape index (κ2) is 3.91. The summed E-state index contributed by atoms with van der Waals surface area (Å²) in [6.07, 6.45) is 0. The third-order valence-corrected chi connectivity index (χ3v) is 1.96. The number of para-hydroxylation sites is 1. The maximum Gasteiger partial charge on any atom is 0.290 e. The number of amides is 1. The van der Waals surface area contributed by atoms with Crippen molar-refractivity contribution < 1.29 is 4.79 Å². The molecule has 4 N–H and O–H groups in total. The molecule has 0 atom stereocenters. The summed E-state index contributed by atoms with van der Waals surface area (Å²) in [5.74, 6) is -1.05. The van der Waals surface area contributed by atoms with Gasteiger partial charge in [-0.25, -0.2) is 0 Å². The van der Waals surface area contributed by atoms with Gasteiger partial charge in [0.15, 0.2) is 5.84 Å². The van der Waals surface area contributed by atoms with E-state index in [4.69, 9.17) is 11.1 Å². The Balaban J connectivity index is 2.97. The highest BCUT2D eigenvalue weighted by molar-refractivity contribution is 6.40. The zero-order valence-corrected chi connectivity index (χ0v) is 8.22. The first-order valence-corrected chi connectivity index (χ1v) is 4.24. The van der Waals surface area contributed by atoms with Crippen molar-refractivity contribution in [1.29, 1.82) is 5.41 Å². The molecule has 0 aromatic heterocycles. The lowest BCUT2D eigenvalue weighted by atomic mass is 10.1. The van der Waals surface area contributed by atoms with Crippen molar-refractivity contribution in [1.82, 2.24) is 0 Å². The van der Waals surface area contributed by atoms with Crippen LogP contribution in [0.15, 0.2) is 18.2 Å². The highest BCUT2D eigenvalue weighted by atomic mass is 16.2. The predicted octanol–water partition coefficient (Wildman–Crippen LogP) is 1.18. The van der Waals surface area contributed by atoms with E-state index in [1.54, 1.807) is 0 Å². The van der Waals surface area contributed by atoms with Gasteiger partial charge in [-0.2, -0.15) is 0 Å². The Morgan fingerprint density at radius 3 is 2.29 bits per heavy atom. The highest BCUT2D eigenvalue weighted by Gasteiger charge is 2.08. The van der Waals surface area contributed by atoms with Crippen molar-refractivity contribution in [2.75, 3.05) is 5.32 Å². The molecule has 0 aliphatic rings. The first-order chi connectivity index (χ1) is 6.52. The highest BCUT2D eigenvalue weighted by Crippen LogP contribution is 2.18. The molecule has 14 heavy (non-hydrogen) atoms. The molecule has 0 fully saturated rings. The average Bonchev–Trinajstić information content (AvgIpc) is 2.11. The number of carbonyl (C=O) groups is 1. The van der Waals surface area contributed by atoms with Crippen molar-refractivity contribution in [3.05, 3.63) is 29.3 Å². The number of nitrogens with two attached hydrogens (primary N) is 1. The number of hydrogen-bond acceptors (Lipinski definition) is 2. The van der Waals surface area contributed by atoms with Crippen molar-refractivity contribution in [3.8, 4) is 0 Å². The first-order valence-electron chi connectivity index (χ1n) is 4.24. The molecule has 1 amide bonds. The Labute approximate surface area is 82.6 Å². The third-order valence-electron chi connectivity index (χ3n) is 1.96. The number of nitrogens with one attached hydrogen (secondary N) is 2. The van der Waals surface area contributed by atoms with E-state index in [9.17, 15) is 4.79 Å². The minimum Gasteiger partial charge on any atom is -0.380 e. The minimum absolute atomic E-state index is 0.479. The van der Waals surface area contributed by atoms with Gasteiger partial charge in [0.1, 0.15) is 0 Å². The van der Waals surface area contributed by atoms with Crippen LogP contribution in [0.25, 0.3) is 0 Å². The molecule has 0 aliphatic heterocycles. The number of benzene rings is 1. The molecule has 0 spiro atoms. The van der Waals surface area contributed by atoms with Gasteiger partial charge in [-0.1, -0.05) is 18.2 Å². The first kappa shape index (κ1) is 10.2. The molecule has 0 radical (unpaired) electrons. The van der Waals surface area contributed by atoms with Gasteiger partial charge in [-0.05, 0) is 25.0 Å². The number of rotatable bonds is 1. The monoisotopic (exact) mass is 191 g/mol. The van der Waals surface area contributed by atoms with E-state index < -0.39 is 11.7 Å². The molecule has 0 unspecified atom stereocenters. The molecule has 0 heterocycles. The van der Waals surface area contributed by atoms with Gasteiger partial charge < -0.3 is 11.1 Å². The summed E-state index contributed by atoms with van der Waals surface area (Å²) in [7, 11) is 0. The Bertz CT molecular complexity index is 365. The molecule has 0 bridgehead atoms. The van der Waals surface area contributed by atoms with E-state index in [1.165, 1.54) is 0 Å². The zero-order chi connectivity index (χ0) is 10.7. The Morgan fingerprint density at radius 2 is 1.86 bits per heavy atom. The second-order valence-electron chi connectivity index (χ2n) is 3.13. The molecule has 1 aromatic rings. The standard InChI is InChI=1S/C10H13N3O/c1-6-4-3-5-7(2)8(6)13-10(14)9(11)12/h3-5H,1-2H3,(H3,11,12)(H,13,14). The van der Waals surface area contributed by atoms with Crippen molar-refractivity contribution in [2.24, 2.45) is 5.73 Å². The number of anilines is 1. The molecule has 4 heteroatoms. The molecule has 4 nitrogen and oxygen atoms in total. The van der Waals surface area contributed by atoms with Crippen LogP contribution in [0.1, 0.15) is 11.1 Å². The largest absolute Gasteiger partial charge is 0.380 e. The summed E-state index contributed by atoms with van der Waals surface area (Å²) in [5, 5.41) is 9.55. The van der Waals surface area contributed by atoms with Crippen molar-refractivity contribution in [3.63, 3.8) is 0 Å². The summed E-state index contributed by atoms with van der Waals surface area (Å²) in [6.45, 7) is 3.78. The van der Waals surface area contributed by atoms with Crippen LogP contribution >= 0.6 is 0 Å². The molecule has 0 aliphatic carbocycles. The van der Waals surface area contributed by atoms with E-state index in [0.29, 0.717) is 0 Å². The fourth-order valence-corrected chi connectivity index (χ4v) is 1.19. The van der Waals surface area contributed by atoms with Crippen LogP contribution in [0.5, 0.6) is 0 Å². The predicted molar refractivity (Wildman–Crippen MR) is 56.5 cm³/mol. The summed E-state index contributed by atoms with van der Waals surface area (Å²) in [6, 6.07) is 5.69. The van der Waals surface area contributed by atoms with E-state index in [0.717, 1.165) is 16.8 Å². The lowest BCUT2D eigenvalue weighted by Gasteiger charge is -2.10. The van der Waals surface area contributed by atoms with Gasteiger partial charge in [0.25, 0.3) is 5.91 Å². The van der Waals surface area contributed by atoms with Gasteiger partial charge in [-0.3, -0.25) is 10.2 Å². The van der Waals surface area contributed by atoms with Gasteiger partial charge in [0.2, 0.25) is 0 Å². The van der Waals surface area contributed by atoms with Crippen LogP contribution in [-0.4, -0.2) is 11.7 Å². The normalized spacial score (nSPS) is 9.57. The maximum atomic E-state index is 11.2. The van der Waals surface area contributed by atoms with Crippen LogP contribution in [0.4, 0.5) is 5.69 Å². The van der Waals surface area contributed by atoms with Crippen LogP contribution in [0.2, 0.25) is 0 Å². The summed E-state index contributed by atoms with van der Waals surface area (Å²) in [4.78, 5) is 11.2. The van der Waals surface area contributed by atoms with E-state index in [2.05, 4.69) is 5.32 Å². The lowest BCUT2D eigenvalue weighted by Crippen LogP contribution is -2.29. The molecule has 0 saturated carbocycles. The zero-order valence-electron chi connectivity index (χ0n) is 8.22. The van der Waals surface area contributed by atoms with Crippen molar-refractivity contribution >= 4 is 17.4 Å². The Hall–Kier alpha value is -1.84. The molecular formula is C10H13N3O. The van der Waals surface area contributed by atoms with Crippen molar-refractivity contribution in [2.45, 2.75) is 13.8 Å². The SMILES string of the molecule is Cc1cccc(C)c1NC(=O)C(=N)N. The number of amidine groups is 1. The van der Waals surface area contributed by atoms with Gasteiger partial charge in [0.05, 0.1) is 0 Å². The van der Waals surface area contributed by atoms with E-state index in [-0.39, 0.29) is 0 Å². The molecule has 1 rings (SSSR count). The average molecular weight is 191 g/mol. The summed E-state index contributed by atoms with van der Waals surface area (Å²) >= 11 is 0. The fourth-order valence-electron chi connectivity index (χ4n) is 1.19. The quantitative estimate of drug-likeness (QED) is 0.460. The van der Waals surface area contributed by atoms with E-state index in [1.807, 2.05) is 32.0 Å². The molecular weight excluding hydrogens is 178 g/mol. The maximum absolute atomic E-state index is 11.2. The summed E-state index contributed by atoms with van der Waals surface area (Å²) in [5.41, 5.74) is 7.70. The smallest absolute Gasteiger partial charge is 0.290 e. The van der Waals surface area contributed by atoms with Crippen LogP contribution < -0.4 is 11.1 Å². The third kappa shape index (κ3) is 2.10. The van der Waals surface area contributed by atoms with Crippen LogP contribution in [0, 0.1) is 19.3 Å². The Morgan fingerprint density at radius 1 is 1.36 bits per heavy atom. The van der Waals surface area contributed by atoms with Crippen LogP contribution in [0.3, 0.4) is 0 Å². The number of carbonyl (C=O) groups excluding carboxylic acids is 1. The minimum atomic E-state index is -0.567. The topological polar surface area (TPSA) is 79.0 Å². The van der Waals surface area contributed by atoms with Crippen LogP contribution in [-0.2, 0) is 4.79 Å². The second-order valence-corrected chi connectivity index (χ2v) is 3.13. The van der Waals surface area contributed by atoms with Gasteiger partial charge in [-0.15, -0.1) is 0 Å². The Kier molecular flexibility index (Phi) is 2.86. The van der Waals surface area contributed by atoms with E-state index >= 15 is 0 Å². The molecule has 74 valence electrons. The summed E-state index contributed by atoms with van der Waals surface area (Å²) < 4.78 is 0.